The molecule has 1 unspecified atom stereocenters. The number of hydrogen-bond donors (Lipinski definition) is 2. The van der Waals surface area contributed by atoms with E-state index in [1.165, 1.54) is 38.5 Å². The van der Waals surface area contributed by atoms with Crippen LogP contribution in [0, 0.1) is 11.3 Å². The van der Waals surface area contributed by atoms with E-state index in [9.17, 15) is 4.79 Å². The second-order valence-electron chi connectivity index (χ2n) is 6.50. The highest BCUT2D eigenvalue weighted by Gasteiger charge is 2.28. The lowest BCUT2D eigenvalue weighted by Crippen LogP contribution is -2.46. The molecule has 0 spiro atoms. The molecule has 1 heterocycles. The van der Waals surface area contributed by atoms with Crippen molar-refractivity contribution in [3.05, 3.63) is 0 Å². The summed E-state index contributed by atoms with van der Waals surface area (Å²) < 4.78 is 0. The minimum Gasteiger partial charge on any atom is -0.355 e. The third kappa shape index (κ3) is 5.31. The molecule has 3 nitrogen and oxygen atoms in total. The molecule has 2 fully saturated rings. The van der Waals surface area contributed by atoms with Crippen LogP contribution < -0.4 is 10.6 Å². The van der Waals surface area contributed by atoms with Gasteiger partial charge in [-0.3, -0.25) is 4.79 Å². The van der Waals surface area contributed by atoms with E-state index in [1.807, 2.05) is 0 Å². The first-order valence-electron chi connectivity index (χ1n) is 7.68. The van der Waals surface area contributed by atoms with E-state index >= 15 is 0 Å². The summed E-state index contributed by atoms with van der Waals surface area (Å²) in [6.45, 7) is 5.30. The predicted molar refractivity (Wildman–Crippen MR) is 81.7 cm³/mol. The molecule has 0 bridgehead atoms. The maximum atomic E-state index is 12.2. The van der Waals surface area contributed by atoms with E-state index in [0.717, 1.165) is 32.5 Å². The number of carbonyl (C=O) groups is 1. The molecule has 1 saturated carbocycles. The van der Waals surface area contributed by atoms with Crippen molar-refractivity contribution in [1.29, 1.82) is 0 Å². The van der Waals surface area contributed by atoms with Crippen molar-refractivity contribution in [3.8, 4) is 0 Å². The maximum absolute atomic E-state index is 12.2. The van der Waals surface area contributed by atoms with Crippen LogP contribution in [0.2, 0.25) is 0 Å². The van der Waals surface area contributed by atoms with Crippen molar-refractivity contribution in [3.63, 3.8) is 0 Å². The number of rotatable bonds is 3. The Labute approximate surface area is 123 Å². The van der Waals surface area contributed by atoms with Gasteiger partial charge in [-0.15, -0.1) is 12.4 Å². The molecule has 0 radical (unpaired) electrons. The minimum absolute atomic E-state index is 0. The molecule has 0 aromatic rings. The Hall–Kier alpha value is -0.280. The molecule has 1 amide bonds. The molecule has 4 heteroatoms. The molecule has 19 heavy (non-hydrogen) atoms. The highest BCUT2D eigenvalue weighted by atomic mass is 35.5. The van der Waals surface area contributed by atoms with Crippen LogP contribution in [0.5, 0.6) is 0 Å². The molecular formula is C15H29ClN2O. The normalized spacial score (nSPS) is 29.1. The minimum atomic E-state index is 0. The summed E-state index contributed by atoms with van der Waals surface area (Å²) in [4.78, 5) is 12.2. The predicted octanol–water partition coefficient (Wildman–Crippen LogP) is 2.88. The molecule has 0 aromatic carbocycles. The molecule has 1 aliphatic heterocycles. The standard InChI is InChI=1S/C15H28N2O.ClH/c1-15(9-6-10-16-11-15)12-17-14(18)13-7-4-2-3-5-8-13;/h13,16H,2-12H2,1H3,(H,17,18);1H. The summed E-state index contributed by atoms with van der Waals surface area (Å²) in [6, 6.07) is 0. The Morgan fingerprint density at radius 2 is 1.89 bits per heavy atom. The summed E-state index contributed by atoms with van der Waals surface area (Å²) in [6.07, 6.45) is 9.74. The van der Waals surface area contributed by atoms with Crippen LogP contribution in [0.4, 0.5) is 0 Å². The van der Waals surface area contributed by atoms with E-state index in [0.29, 0.717) is 5.91 Å². The summed E-state index contributed by atoms with van der Waals surface area (Å²) in [5, 5.41) is 6.65. The van der Waals surface area contributed by atoms with Gasteiger partial charge >= 0.3 is 0 Å². The van der Waals surface area contributed by atoms with Gasteiger partial charge in [0.05, 0.1) is 0 Å². The molecular weight excluding hydrogens is 260 g/mol. The second-order valence-corrected chi connectivity index (χ2v) is 6.50. The van der Waals surface area contributed by atoms with E-state index in [4.69, 9.17) is 0 Å². The van der Waals surface area contributed by atoms with Gasteiger partial charge in [0.25, 0.3) is 0 Å². The highest BCUT2D eigenvalue weighted by molar-refractivity contribution is 5.85. The fourth-order valence-electron chi connectivity index (χ4n) is 3.26. The van der Waals surface area contributed by atoms with Crippen LogP contribution in [-0.4, -0.2) is 25.5 Å². The first kappa shape index (κ1) is 16.8. The molecule has 1 saturated heterocycles. The first-order chi connectivity index (χ1) is 8.70. The number of halogens is 1. The maximum Gasteiger partial charge on any atom is 0.223 e. The van der Waals surface area contributed by atoms with Gasteiger partial charge in [0.2, 0.25) is 5.91 Å². The SMILES string of the molecule is CC1(CNC(=O)C2CCCCCC2)CCCNC1.Cl. The smallest absolute Gasteiger partial charge is 0.223 e. The monoisotopic (exact) mass is 288 g/mol. The van der Waals surface area contributed by atoms with E-state index in [1.54, 1.807) is 0 Å². The van der Waals surface area contributed by atoms with Gasteiger partial charge in [-0.2, -0.15) is 0 Å². The average molecular weight is 289 g/mol. The Balaban J connectivity index is 0.00000180. The topological polar surface area (TPSA) is 41.1 Å². The van der Waals surface area contributed by atoms with Gasteiger partial charge in [-0.25, -0.2) is 0 Å². The van der Waals surface area contributed by atoms with E-state index < -0.39 is 0 Å². The largest absolute Gasteiger partial charge is 0.355 e. The molecule has 2 rings (SSSR count). The number of nitrogens with one attached hydrogen (secondary N) is 2. The quantitative estimate of drug-likeness (QED) is 0.784. The first-order valence-corrected chi connectivity index (χ1v) is 7.68. The highest BCUT2D eigenvalue weighted by Crippen LogP contribution is 2.26. The fourth-order valence-corrected chi connectivity index (χ4v) is 3.26. The van der Waals surface area contributed by atoms with Crippen LogP contribution in [0.15, 0.2) is 0 Å². The van der Waals surface area contributed by atoms with Crippen LogP contribution in [-0.2, 0) is 4.79 Å². The molecule has 2 aliphatic rings. The molecule has 112 valence electrons. The third-order valence-corrected chi connectivity index (χ3v) is 4.60. The van der Waals surface area contributed by atoms with Gasteiger partial charge in [-0.1, -0.05) is 32.6 Å². The lowest BCUT2D eigenvalue weighted by Gasteiger charge is -2.34. The average Bonchev–Trinajstić information content (AvgIpc) is 2.66. The van der Waals surface area contributed by atoms with E-state index in [-0.39, 0.29) is 23.7 Å². The number of piperidine rings is 1. The van der Waals surface area contributed by atoms with Gasteiger partial charge in [0, 0.05) is 19.0 Å². The summed E-state index contributed by atoms with van der Waals surface area (Å²) in [7, 11) is 0. The van der Waals surface area contributed by atoms with Gasteiger partial charge in [-0.05, 0) is 37.6 Å². The summed E-state index contributed by atoms with van der Waals surface area (Å²) >= 11 is 0. The van der Waals surface area contributed by atoms with Gasteiger partial charge in [0.15, 0.2) is 0 Å². The third-order valence-electron chi connectivity index (χ3n) is 4.60. The van der Waals surface area contributed by atoms with Gasteiger partial charge in [0.1, 0.15) is 0 Å². The zero-order chi connectivity index (χ0) is 12.8. The fraction of sp³-hybridized carbons (Fsp3) is 0.933. The van der Waals surface area contributed by atoms with Crippen molar-refractivity contribution in [1.82, 2.24) is 10.6 Å². The number of hydrogen-bond acceptors (Lipinski definition) is 2. The van der Waals surface area contributed by atoms with Gasteiger partial charge < -0.3 is 10.6 Å². The van der Waals surface area contributed by atoms with Crippen molar-refractivity contribution in [2.45, 2.75) is 58.3 Å². The zero-order valence-electron chi connectivity index (χ0n) is 12.2. The number of carbonyl (C=O) groups excluding carboxylic acids is 1. The Morgan fingerprint density at radius 1 is 1.21 bits per heavy atom. The zero-order valence-corrected chi connectivity index (χ0v) is 13.0. The Kier molecular flexibility index (Phi) is 7.16. The van der Waals surface area contributed by atoms with Crippen LogP contribution in [0.1, 0.15) is 58.3 Å². The lowest BCUT2D eigenvalue weighted by atomic mass is 9.82. The summed E-state index contributed by atoms with van der Waals surface area (Å²) in [5.74, 6) is 0.594. The molecule has 2 N–H and O–H groups in total. The van der Waals surface area contributed by atoms with Crippen molar-refractivity contribution in [2.24, 2.45) is 11.3 Å². The summed E-state index contributed by atoms with van der Waals surface area (Å²) in [5.41, 5.74) is 0.263. The van der Waals surface area contributed by atoms with E-state index in [2.05, 4.69) is 17.6 Å². The second kappa shape index (κ2) is 8.11. The van der Waals surface area contributed by atoms with Crippen molar-refractivity contribution in [2.75, 3.05) is 19.6 Å². The van der Waals surface area contributed by atoms with Crippen molar-refractivity contribution < 1.29 is 4.79 Å². The molecule has 0 aromatic heterocycles. The van der Waals surface area contributed by atoms with Crippen molar-refractivity contribution >= 4 is 18.3 Å². The Bertz CT molecular complexity index is 269. The van der Waals surface area contributed by atoms with Crippen LogP contribution >= 0.6 is 12.4 Å². The Morgan fingerprint density at radius 3 is 2.47 bits per heavy atom. The number of amides is 1. The van der Waals surface area contributed by atoms with Crippen LogP contribution in [0.25, 0.3) is 0 Å². The lowest BCUT2D eigenvalue weighted by molar-refractivity contribution is -0.125. The van der Waals surface area contributed by atoms with Crippen LogP contribution in [0.3, 0.4) is 0 Å². The molecule has 1 atom stereocenters. The molecule has 1 aliphatic carbocycles.